The molecule has 0 atom stereocenters. The Kier molecular flexibility index (Phi) is 5.85. The SMILES string of the molecule is FC(F)(F)Oc1cccc(C2=NC(C(F)(F)F)(C(F)(F)F)N=C(C(F)(F)C(F)(F)F)O2)c1. The molecule has 0 fully saturated rings. The van der Waals surface area contributed by atoms with Gasteiger partial charge in [0.1, 0.15) is 5.75 Å². The van der Waals surface area contributed by atoms with Crippen LogP contribution in [0.5, 0.6) is 5.75 Å². The summed E-state index contributed by atoms with van der Waals surface area (Å²) in [6.07, 6.45) is -25.6. The van der Waals surface area contributed by atoms with Crippen molar-refractivity contribution in [3.63, 3.8) is 0 Å². The van der Waals surface area contributed by atoms with E-state index < -0.39 is 59.6 Å². The molecule has 1 aliphatic heterocycles. The maximum Gasteiger partial charge on any atom is 0.573 e. The summed E-state index contributed by atoms with van der Waals surface area (Å²) in [7, 11) is 0. The molecule has 180 valence electrons. The maximum atomic E-state index is 13.6. The highest BCUT2D eigenvalue weighted by Crippen LogP contribution is 2.50. The Hall–Kier alpha value is -2.82. The van der Waals surface area contributed by atoms with Crippen LogP contribution in [0.15, 0.2) is 34.3 Å². The predicted octanol–water partition coefficient (Wildman–Crippen LogP) is 5.78. The fraction of sp³-hybridized carbons (Fsp3) is 0.429. The van der Waals surface area contributed by atoms with E-state index in [9.17, 15) is 61.5 Å². The van der Waals surface area contributed by atoms with Crippen LogP contribution in [0, 0.1) is 0 Å². The largest absolute Gasteiger partial charge is 0.573 e. The minimum absolute atomic E-state index is 0.0402. The molecule has 2 rings (SSSR count). The average Bonchev–Trinajstić information content (AvgIpc) is 2.57. The molecule has 18 heteroatoms. The lowest BCUT2D eigenvalue weighted by molar-refractivity contribution is -0.296. The van der Waals surface area contributed by atoms with E-state index in [1.54, 1.807) is 0 Å². The van der Waals surface area contributed by atoms with Crippen LogP contribution in [0.3, 0.4) is 0 Å². The van der Waals surface area contributed by atoms with Crippen LogP contribution in [-0.4, -0.2) is 48.3 Å². The number of aliphatic imine (C=N–C) groups is 2. The number of benzene rings is 1. The lowest BCUT2D eigenvalue weighted by atomic mass is 10.1. The van der Waals surface area contributed by atoms with E-state index in [0.717, 1.165) is 0 Å². The zero-order chi connectivity index (χ0) is 25.0. The van der Waals surface area contributed by atoms with Crippen molar-refractivity contribution in [2.75, 3.05) is 0 Å². The Labute approximate surface area is 166 Å². The zero-order valence-corrected chi connectivity index (χ0v) is 14.3. The third kappa shape index (κ3) is 4.67. The summed E-state index contributed by atoms with van der Waals surface area (Å²) in [6.45, 7) is 0. The highest BCUT2D eigenvalue weighted by Gasteiger charge is 2.76. The molecule has 0 N–H and O–H groups in total. The van der Waals surface area contributed by atoms with Crippen LogP contribution in [0.4, 0.5) is 61.5 Å². The Morgan fingerprint density at radius 2 is 1.28 bits per heavy atom. The second-order valence-electron chi connectivity index (χ2n) is 5.75. The number of alkyl halides is 14. The molecular formula is C14H4F14N2O2. The standard InChI is InChI=1S/C14H4F14N2O2/c15-9(16,11(17,18)19)8-30-10(12(20,21)22,13(23,24)25)29-7(31-8)5-2-1-3-6(4-5)32-14(26,27)28/h1-4H. The van der Waals surface area contributed by atoms with Gasteiger partial charge in [-0.2, -0.15) is 48.3 Å². The first kappa shape index (κ1) is 25.4. The molecule has 1 heterocycles. The van der Waals surface area contributed by atoms with Crippen molar-refractivity contribution in [3.05, 3.63) is 29.8 Å². The average molecular weight is 498 g/mol. The van der Waals surface area contributed by atoms with Crippen molar-refractivity contribution >= 4 is 11.8 Å². The van der Waals surface area contributed by atoms with E-state index in [4.69, 9.17) is 0 Å². The smallest absolute Gasteiger partial charge is 0.418 e. The van der Waals surface area contributed by atoms with Crippen LogP contribution in [0.25, 0.3) is 0 Å². The minimum atomic E-state index is -6.77. The number of nitrogens with zero attached hydrogens (tertiary/aromatic N) is 2. The van der Waals surface area contributed by atoms with Crippen molar-refractivity contribution in [1.29, 1.82) is 0 Å². The molecule has 4 nitrogen and oxygen atoms in total. The molecule has 0 spiro atoms. The molecule has 0 aliphatic carbocycles. The first-order chi connectivity index (χ1) is 14.1. The summed E-state index contributed by atoms with van der Waals surface area (Å²) in [6, 6.07) is 1.46. The van der Waals surface area contributed by atoms with Gasteiger partial charge in [0.2, 0.25) is 5.90 Å². The molecule has 0 unspecified atom stereocenters. The lowest BCUT2D eigenvalue weighted by Gasteiger charge is -2.35. The van der Waals surface area contributed by atoms with Gasteiger partial charge in [-0.1, -0.05) is 6.07 Å². The van der Waals surface area contributed by atoms with Crippen molar-refractivity contribution in [1.82, 2.24) is 0 Å². The van der Waals surface area contributed by atoms with Gasteiger partial charge >= 0.3 is 36.5 Å². The van der Waals surface area contributed by atoms with Gasteiger partial charge in [0.15, 0.2) is 0 Å². The van der Waals surface area contributed by atoms with E-state index >= 15 is 0 Å². The molecular weight excluding hydrogens is 494 g/mol. The fourth-order valence-corrected chi connectivity index (χ4v) is 2.08. The molecule has 1 aliphatic rings. The highest BCUT2D eigenvalue weighted by molar-refractivity contribution is 6.05. The molecule has 32 heavy (non-hydrogen) atoms. The number of rotatable bonds is 3. The van der Waals surface area contributed by atoms with E-state index in [1.807, 2.05) is 4.99 Å². The second-order valence-corrected chi connectivity index (χ2v) is 5.75. The van der Waals surface area contributed by atoms with E-state index in [2.05, 4.69) is 9.47 Å². The van der Waals surface area contributed by atoms with Gasteiger partial charge in [-0.15, -0.1) is 13.2 Å². The Morgan fingerprint density at radius 3 is 1.72 bits per heavy atom. The molecule has 0 saturated heterocycles. The second kappa shape index (κ2) is 7.36. The van der Waals surface area contributed by atoms with Gasteiger partial charge in [-0.25, -0.2) is 9.98 Å². The van der Waals surface area contributed by atoms with Crippen LogP contribution >= 0.6 is 0 Å². The minimum Gasteiger partial charge on any atom is -0.418 e. The van der Waals surface area contributed by atoms with Gasteiger partial charge in [-0.3, -0.25) is 0 Å². The molecule has 0 saturated carbocycles. The molecule has 0 aromatic heterocycles. The summed E-state index contributed by atoms with van der Waals surface area (Å²) in [5.41, 5.74) is -7.19. The predicted molar refractivity (Wildman–Crippen MR) is 74.0 cm³/mol. The topological polar surface area (TPSA) is 43.2 Å². The molecule has 1 aromatic carbocycles. The Balaban J connectivity index is 2.78. The summed E-state index contributed by atoms with van der Waals surface area (Å²) >= 11 is 0. The zero-order valence-electron chi connectivity index (χ0n) is 14.3. The molecule has 0 bridgehead atoms. The van der Waals surface area contributed by atoms with Crippen LogP contribution in [-0.2, 0) is 4.74 Å². The number of halogens is 14. The third-order valence-corrected chi connectivity index (χ3v) is 3.45. The van der Waals surface area contributed by atoms with Crippen molar-refractivity contribution < 1.29 is 70.9 Å². The molecule has 1 aromatic rings. The number of hydrogen-bond acceptors (Lipinski definition) is 4. The van der Waals surface area contributed by atoms with E-state index in [0.29, 0.717) is 18.2 Å². The van der Waals surface area contributed by atoms with Crippen molar-refractivity contribution in [2.45, 2.75) is 36.5 Å². The van der Waals surface area contributed by atoms with Crippen LogP contribution in [0.2, 0.25) is 0 Å². The van der Waals surface area contributed by atoms with Crippen molar-refractivity contribution in [3.8, 4) is 5.75 Å². The Bertz CT molecular complexity index is 909. The van der Waals surface area contributed by atoms with E-state index in [1.165, 1.54) is 4.99 Å². The first-order valence-electron chi connectivity index (χ1n) is 7.43. The maximum absolute atomic E-state index is 13.6. The van der Waals surface area contributed by atoms with Crippen LogP contribution in [0.1, 0.15) is 5.56 Å². The first-order valence-corrected chi connectivity index (χ1v) is 7.43. The van der Waals surface area contributed by atoms with Gasteiger partial charge in [0, 0.05) is 5.56 Å². The molecule has 0 radical (unpaired) electrons. The Morgan fingerprint density at radius 1 is 0.750 bits per heavy atom. The highest BCUT2D eigenvalue weighted by atomic mass is 19.4. The van der Waals surface area contributed by atoms with Crippen molar-refractivity contribution in [2.24, 2.45) is 9.98 Å². The van der Waals surface area contributed by atoms with Crippen LogP contribution < -0.4 is 4.74 Å². The summed E-state index contributed by atoms with van der Waals surface area (Å²) in [5.74, 6) is -13.3. The monoisotopic (exact) mass is 498 g/mol. The third-order valence-electron chi connectivity index (χ3n) is 3.45. The van der Waals surface area contributed by atoms with Gasteiger partial charge in [0.05, 0.1) is 0 Å². The summed E-state index contributed by atoms with van der Waals surface area (Å²) in [4.78, 5) is 3.46. The fourth-order valence-electron chi connectivity index (χ4n) is 2.08. The number of hydrogen-bond donors (Lipinski definition) is 0. The van der Waals surface area contributed by atoms with Gasteiger partial charge in [-0.05, 0) is 18.2 Å². The lowest BCUT2D eigenvalue weighted by Crippen LogP contribution is -2.59. The summed E-state index contributed by atoms with van der Waals surface area (Å²) < 4.78 is 188. The molecule has 0 amide bonds. The normalized spacial score (nSPS) is 17.9. The quantitative estimate of drug-likeness (QED) is 0.497. The van der Waals surface area contributed by atoms with Gasteiger partial charge in [0.25, 0.3) is 5.90 Å². The summed E-state index contributed by atoms with van der Waals surface area (Å²) in [5, 5.41) is 0. The van der Waals surface area contributed by atoms with Gasteiger partial charge < -0.3 is 9.47 Å². The van der Waals surface area contributed by atoms with E-state index in [-0.39, 0.29) is 6.07 Å². The number of ether oxygens (including phenoxy) is 2.